The highest BCUT2D eigenvalue weighted by molar-refractivity contribution is 5.87. The SMILES string of the molecule is CN=C(NCC(=O)NC(C)(C)C)NC1CC1c1ccccc1C. The van der Waals surface area contributed by atoms with E-state index in [1.807, 2.05) is 20.8 Å². The van der Waals surface area contributed by atoms with Crippen LogP contribution in [-0.4, -0.2) is 37.0 Å². The van der Waals surface area contributed by atoms with Crippen LogP contribution in [0.2, 0.25) is 0 Å². The second kappa shape index (κ2) is 7.02. The Kier molecular flexibility index (Phi) is 5.29. The number of nitrogens with zero attached hydrogens (tertiary/aromatic N) is 1. The summed E-state index contributed by atoms with van der Waals surface area (Å²) < 4.78 is 0. The normalized spacial score (nSPS) is 20.8. The Bertz CT molecular complexity index is 589. The Morgan fingerprint density at radius 2 is 2.00 bits per heavy atom. The zero-order valence-electron chi connectivity index (χ0n) is 14.7. The fourth-order valence-corrected chi connectivity index (χ4v) is 2.70. The van der Waals surface area contributed by atoms with Crippen molar-refractivity contribution >= 4 is 11.9 Å². The molecule has 1 amide bonds. The summed E-state index contributed by atoms with van der Waals surface area (Å²) in [7, 11) is 1.72. The third kappa shape index (κ3) is 5.27. The standard InChI is InChI=1S/C18H28N4O/c1-12-8-6-7-9-13(12)14-10-15(14)21-17(19-5)20-11-16(23)22-18(2,3)4/h6-9,14-15H,10-11H2,1-5H3,(H,22,23)(H2,19,20,21). The van der Waals surface area contributed by atoms with E-state index in [1.54, 1.807) is 7.05 Å². The van der Waals surface area contributed by atoms with Crippen LogP contribution < -0.4 is 16.0 Å². The first kappa shape index (κ1) is 17.3. The monoisotopic (exact) mass is 316 g/mol. The molecule has 0 radical (unpaired) electrons. The molecule has 2 rings (SSSR count). The number of benzene rings is 1. The molecular formula is C18H28N4O. The van der Waals surface area contributed by atoms with E-state index in [-0.39, 0.29) is 18.0 Å². The van der Waals surface area contributed by atoms with Gasteiger partial charge < -0.3 is 16.0 Å². The van der Waals surface area contributed by atoms with E-state index in [0.717, 1.165) is 6.42 Å². The van der Waals surface area contributed by atoms with Gasteiger partial charge in [-0.3, -0.25) is 9.79 Å². The molecule has 0 aliphatic heterocycles. The van der Waals surface area contributed by atoms with Crippen LogP contribution in [0.3, 0.4) is 0 Å². The number of aryl methyl sites for hydroxylation is 1. The summed E-state index contributed by atoms with van der Waals surface area (Å²) in [5.74, 6) is 1.17. The predicted molar refractivity (Wildman–Crippen MR) is 94.7 cm³/mol. The largest absolute Gasteiger partial charge is 0.353 e. The van der Waals surface area contributed by atoms with E-state index in [1.165, 1.54) is 11.1 Å². The van der Waals surface area contributed by atoms with Crippen molar-refractivity contribution in [1.29, 1.82) is 0 Å². The second-order valence-electron chi connectivity index (χ2n) is 7.17. The maximum Gasteiger partial charge on any atom is 0.239 e. The van der Waals surface area contributed by atoms with Crippen molar-refractivity contribution in [2.75, 3.05) is 13.6 Å². The first-order chi connectivity index (χ1) is 10.8. The second-order valence-corrected chi connectivity index (χ2v) is 7.17. The molecule has 1 aromatic rings. The average molecular weight is 316 g/mol. The summed E-state index contributed by atoms with van der Waals surface area (Å²) in [5, 5.41) is 9.40. The van der Waals surface area contributed by atoms with Gasteiger partial charge in [-0.05, 0) is 45.2 Å². The topological polar surface area (TPSA) is 65.5 Å². The number of hydrogen-bond donors (Lipinski definition) is 3. The molecule has 126 valence electrons. The van der Waals surface area contributed by atoms with Gasteiger partial charge in [-0.1, -0.05) is 24.3 Å². The van der Waals surface area contributed by atoms with Gasteiger partial charge in [0.2, 0.25) is 5.91 Å². The van der Waals surface area contributed by atoms with Crippen LogP contribution in [0.25, 0.3) is 0 Å². The zero-order valence-corrected chi connectivity index (χ0v) is 14.7. The van der Waals surface area contributed by atoms with Crippen molar-refractivity contribution in [3.05, 3.63) is 35.4 Å². The highest BCUT2D eigenvalue weighted by Crippen LogP contribution is 2.41. The molecule has 2 unspecified atom stereocenters. The smallest absolute Gasteiger partial charge is 0.239 e. The fourth-order valence-electron chi connectivity index (χ4n) is 2.70. The Morgan fingerprint density at radius 1 is 1.30 bits per heavy atom. The molecule has 1 fully saturated rings. The lowest BCUT2D eigenvalue weighted by Crippen LogP contribution is -2.48. The minimum atomic E-state index is -0.220. The number of guanidine groups is 1. The Hall–Kier alpha value is -2.04. The van der Waals surface area contributed by atoms with Crippen LogP contribution in [0.1, 0.15) is 44.2 Å². The molecule has 0 aromatic heterocycles. The van der Waals surface area contributed by atoms with Crippen molar-refractivity contribution in [2.24, 2.45) is 4.99 Å². The van der Waals surface area contributed by atoms with Crippen LogP contribution >= 0.6 is 0 Å². The van der Waals surface area contributed by atoms with Gasteiger partial charge in [0.15, 0.2) is 5.96 Å². The molecule has 23 heavy (non-hydrogen) atoms. The van der Waals surface area contributed by atoms with Gasteiger partial charge in [0.25, 0.3) is 0 Å². The maximum absolute atomic E-state index is 11.9. The molecule has 5 nitrogen and oxygen atoms in total. The van der Waals surface area contributed by atoms with Gasteiger partial charge in [0.05, 0.1) is 6.54 Å². The summed E-state index contributed by atoms with van der Waals surface area (Å²) in [4.78, 5) is 16.1. The molecular weight excluding hydrogens is 288 g/mol. The van der Waals surface area contributed by atoms with E-state index in [2.05, 4.69) is 52.1 Å². The van der Waals surface area contributed by atoms with E-state index in [0.29, 0.717) is 17.9 Å². The molecule has 0 spiro atoms. The molecule has 1 aliphatic rings. The van der Waals surface area contributed by atoms with Crippen molar-refractivity contribution < 1.29 is 4.79 Å². The number of nitrogens with one attached hydrogen (secondary N) is 3. The van der Waals surface area contributed by atoms with Crippen LogP contribution in [-0.2, 0) is 4.79 Å². The number of hydrogen-bond acceptors (Lipinski definition) is 2. The number of amides is 1. The molecule has 0 saturated heterocycles. The van der Waals surface area contributed by atoms with Gasteiger partial charge in [-0.25, -0.2) is 0 Å². The van der Waals surface area contributed by atoms with E-state index in [4.69, 9.17) is 0 Å². The maximum atomic E-state index is 11.9. The van der Waals surface area contributed by atoms with E-state index < -0.39 is 0 Å². The van der Waals surface area contributed by atoms with Crippen molar-refractivity contribution in [3.8, 4) is 0 Å². The zero-order chi connectivity index (χ0) is 17.0. The minimum absolute atomic E-state index is 0.0355. The number of aliphatic imine (C=N–C) groups is 1. The first-order valence-corrected chi connectivity index (χ1v) is 8.14. The van der Waals surface area contributed by atoms with Crippen molar-refractivity contribution in [2.45, 2.75) is 51.6 Å². The van der Waals surface area contributed by atoms with Gasteiger partial charge in [0.1, 0.15) is 0 Å². The third-order valence-electron chi connectivity index (χ3n) is 3.85. The molecule has 5 heteroatoms. The Labute approximate surface area is 139 Å². The fraction of sp³-hybridized carbons (Fsp3) is 0.556. The number of carbonyl (C=O) groups excluding carboxylic acids is 1. The van der Waals surface area contributed by atoms with Gasteiger partial charge in [-0.15, -0.1) is 0 Å². The molecule has 1 saturated carbocycles. The lowest BCUT2D eigenvalue weighted by atomic mass is 10.0. The van der Waals surface area contributed by atoms with Gasteiger partial charge >= 0.3 is 0 Å². The quantitative estimate of drug-likeness (QED) is 0.587. The van der Waals surface area contributed by atoms with Crippen molar-refractivity contribution in [3.63, 3.8) is 0 Å². The Morgan fingerprint density at radius 3 is 2.61 bits per heavy atom. The van der Waals surface area contributed by atoms with Crippen LogP contribution in [0.5, 0.6) is 0 Å². The van der Waals surface area contributed by atoms with E-state index in [9.17, 15) is 4.79 Å². The third-order valence-corrected chi connectivity index (χ3v) is 3.85. The average Bonchev–Trinajstić information content (AvgIpc) is 3.21. The summed E-state index contributed by atoms with van der Waals surface area (Å²) in [6, 6.07) is 8.87. The minimum Gasteiger partial charge on any atom is -0.353 e. The Balaban J connectivity index is 1.81. The molecule has 2 atom stereocenters. The van der Waals surface area contributed by atoms with Crippen LogP contribution in [0.4, 0.5) is 0 Å². The molecule has 1 aliphatic carbocycles. The summed E-state index contributed by atoms with van der Waals surface area (Å²) in [6.07, 6.45) is 1.10. The number of carbonyl (C=O) groups is 1. The molecule has 1 aromatic carbocycles. The first-order valence-electron chi connectivity index (χ1n) is 8.14. The molecule has 0 heterocycles. The summed E-state index contributed by atoms with van der Waals surface area (Å²) >= 11 is 0. The predicted octanol–water partition coefficient (Wildman–Crippen LogP) is 1.93. The lowest BCUT2D eigenvalue weighted by Gasteiger charge is -2.21. The van der Waals surface area contributed by atoms with Gasteiger partial charge in [0, 0.05) is 24.5 Å². The highest BCUT2D eigenvalue weighted by atomic mass is 16.2. The van der Waals surface area contributed by atoms with Crippen LogP contribution in [0.15, 0.2) is 29.3 Å². The van der Waals surface area contributed by atoms with Crippen LogP contribution in [0, 0.1) is 6.92 Å². The lowest BCUT2D eigenvalue weighted by molar-refractivity contribution is -0.121. The highest BCUT2D eigenvalue weighted by Gasteiger charge is 2.39. The molecule has 0 bridgehead atoms. The summed E-state index contributed by atoms with van der Waals surface area (Å²) in [6.45, 7) is 8.27. The molecule has 3 N–H and O–H groups in total. The van der Waals surface area contributed by atoms with E-state index >= 15 is 0 Å². The number of rotatable bonds is 4. The van der Waals surface area contributed by atoms with Crippen molar-refractivity contribution in [1.82, 2.24) is 16.0 Å². The van der Waals surface area contributed by atoms with Gasteiger partial charge in [-0.2, -0.15) is 0 Å². The summed E-state index contributed by atoms with van der Waals surface area (Å²) in [5.41, 5.74) is 2.50.